The number of hydrogen-bond donors (Lipinski definition) is 4. The summed E-state index contributed by atoms with van der Waals surface area (Å²) in [7, 11) is 0. The summed E-state index contributed by atoms with van der Waals surface area (Å²) in [4.78, 5) is 43.1. The van der Waals surface area contributed by atoms with Crippen LogP contribution in [0.3, 0.4) is 0 Å². The van der Waals surface area contributed by atoms with Crippen molar-refractivity contribution in [1.29, 1.82) is 0 Å². The van der Waals surface area contributed by atoms with Crippen molar-refractivity contribution in [1.82, 2.24) is 20.1 Å². The van der Waals surface area contributed by atoms with E-state index in [1.54, 1.807) is 18.2 Å². The molecule has 0 saturated heterocycles. The number of rotatable bonds is 6. The Hall–Kier alpha value is -4.73. The monoisotopic (exact) mass is 457 g/mol. The highest BCUT2D eigenvalue weighted by Crippen LogP contribution is 2.24. The van der Waals surface area contributed by atoms with Gasteiger partial charge in [-0.15, -0.1) is 0 Å². The summed E-state index contributed by atoms with van der Waals surface area (Å²) < 4.78 is 0. The van der Waals surface area contributed by atoms with Crippen molar-refractivity contribution in [2.24, 2.45) is 0 Å². The number of nitrogens with two attached hydrogens (primary N) is 1. The number of pyridine rings is 1. The first-order valence-electron chi connectivity index (χ1n) is 10.5. The second kappa shape index (κ2) is 9.82. The Bertz CT molecular complexity index is 1350. The minimum atomic E-state index is -0.823. The summed E-state index contributed by atoms with van der Waals surface area (Å²) in [5.74, 6) is -1.48. The lowest BCUT2D eigenvalue weighted by Gasteiger charge is -2.23. The summed E-state index contributed by atoms with van der Waals surface area (Å²) >= 11 is 0. The lowest BCUT2D eigenvalue weighted by Crippen LogP contribution is -2.39. The van der Waals surface area contributed by atoms with E-state index in [4.69, 9.17) is 5.73 Å². The Morgan fingerprint density at radius 3 is 2.47 bits per heavy atom. The molecule has 172 valence electrons. The van der Waals surface area contributed by atoms with Crippen LogP contribution in [0.4, 0.5) is 17.2 Å². The van der Waals surface area contributed by atoms with Crippen LogP contribution in [0.25, 0.3) is 10.9 Å². The number of aromatic nitrogens is 3. The molecule has 2 aromatic carbocycles. The molecule has 0 radical (unpaired) electrons. The second-order valence-corrected chi connectivity index (χ2v) is 7.70. The lowest BCUT2D eigenvalue weighted by molar-refractivity contribution is -0.144. The van der Waals surface area contributed by atoms with Crippen LogP contribution < -0.4 is 16.4 Å². The molecule has 10 nitrogen and oxygen atoms in total. The smallest absolute Gasteiger partial charge is 0.314 e. The number of benzene rings is 2. The predicted molar refractivity (Wildman–Crippen MR) is 128 cm³/mol. The van der Waals surface area contributed by atoms with Gasteiger partial charge in [0, 0.05) is 25.7 Å². The number of amides is 3. The average molecular weight is 457 g/mol. The van der Waals surface area contributed by atoms with Gasteiger partial charge in [-0.1, -0.05) is 42.5 Å². The molecule has 34 heavy (non-hydrogen) atoms. The number of carbonyl (C=O) groups excluding carboxylic acids is 3. The second-order valence-electron chi connectivity index (χ2n) is 7.70. The van der Waals surface area contributed by atoms with E-state index in [0.717, 1.165) is 11.1 Å². The van der Waals surface area contributed by atoms with Gasteiger partial charge in [0.15, 0.2) is 0 Å². The minimum absolute atomic E-state index is 0.161. The third-order valence-corrected chi connectivity index (χ3v) is 5.08. The fourth-order valence-electron chi connectivity index (χ4n) is 3.54. The van der Waals surface area contributed by atoms with E-state index >= 15 is 0 Å². The number of anilines is 3. The summed E-state index contributed by atoms with van der Waals surface area (Å²) in [6.45, 7) is 1.80. The van der Waals surface area contributed by atoms with Crippen LogP contribution in [-0.4, -0.2) is 37.8 Å². The number of fused-ring (bicyclic) bond motifs is 1. The predicted octanol–water partition coefficient (Wildman–Crippen LogP) is 2.67. The first-order chi connectivity index (χ1) is 16.4. The Morgan fingerprint density at radius 2 is 1.71 bits per heavy atom. The molecular formula is C24H23N7O3. The Labute approximate surface area is 195 Å². The normalized spacial score (nSPS) is 10.6. The SMILES string of the molecule is CC(=O)Nc1cccc(CN(Cc2ccccc2)C(=O)C(=O)Nc2cnc(N)c3cn[nH]c23)c1. The zero-order chi connectivity index (χ0) is 24.1. The van der Waals surface area contributed by atoms with Gasteiger partial charge in [0.2, 0.25) is 5.91 Å². The molecule has 3 amide bonds. The first kappa shape index (κ1) is 22.5. The Morgan fingerprint density at radius 1 is 0.971 bits per heavy atom. The van der Waals surface area contributed by atoms with Crippen LogP contribution in [0.5, 0.6) is 0 Å². The highest BCUT2D eigenvalue weighted by atomic mass is 16.2. The summed E-state index contributed by atoms with van der Waals surface area (Å²) in [6, 6.07) is 16.5. The molecule has 10 heteroatoms. The number of nitrogens with zero attached hydrogens (tertiary/aromatic N) is 3. The number of hydrogen-bond acceptors (Lipinski definition) is 6. The first-order valence-corrected chi connectivity index (χ1v) is 10.5. The van der Waals surface area contributed by atoms with E-state index in [9.17, 15) is 14.4 Å². The van der Waals surface area contributed by atoms with Gasteiger partial charge in [-0.25, -0.2) is 4.98 Å². The highest BCUT2D eigenvalue weighted by molar-refractivity contribution is 6.40. The van der Waals surface area contributed by atoms with E-state index in [2.05, 4.69) is 25.8 Å². The van der Waals surface area contributed by atoms with Gasteiger partial charge < -0.3 is 21.3 Å². The molecule has 0 spiro atoms. The fourth-order valence-corrected chi connectivity index (χ4v) is 3.54. The molecule has 0 bridgehead atoms. The summed E-state index contributed by atoms with van der Waals surface area (Å²) in [5, 5.41) is 12.6. The van der Waals surface area contributed by atoms with E-state index in [0.29, 0.717) is 22.3 Å². The van der Waals surface area contributed by atoms with Crippen LogP contribution in [0.2, 0.25) is 0 Å². The standard InChI is InChI=1S/C24H23N7O3/c1-15(32)28-18-9-5-8-17(10-18)14-31(13-16-6-3-2-4-7-16)24(34)23(33)29-20-12-26-22(25)19-11-27-30-21(19)20/h2-12H,13-14H2,1H3,(H2,25,26)(H,27,30)(H,28,32)(H,29,33). The van der Waals surface area contributed by atoms with Crippen molar-refractivity contribution in [3.8, 4) is 0 Å². The Kier molecular flexibility index (Phi) is 6.49. The number of nitrogens with one attached hydrogen (secondary N) is 3. The maximum atomic E-state index is 13.2. The van der Waals surface area contributed by atoms with Crippen molar-refractivity contribution in [2.75, 3.05) is 16.4 Å². The molecule has 0 aliphatic carbocycles. The van der Waals surface area contributed by atoms with Gasteiger partial charge in [0.1, 0.15) is 5.82 Å². The average Bonchev–Trinajstić information content (AvgIpc) is 3.32. The summed E-state index contributed by atoms with van der Waals surface area (Å²) in [6.07, 6.45) is 2.87. The quantitative estimate of drug-likeness (QED) is 0.327. The van der Waals surface area contributed by atoms with Crippen LogP contribution in [0.15, 0.2) is 67.0 Å². The highest BCUT2D eigenvalue weighted by Gasteiger charge is 2.24. The maximum Gasteiger partial charge on any atom is 0.314 e. The van der Waals surface area contributed by atoms with E-state index < -0.39 is 11.8 Å². The zero-order valence-corrected chi connectivity index (χ0v) is 18.4. The van der Waals surface area contributed by atoms with Crippen LogP contribution in [0.1, 0.15) is 18.1 Å². The van der Waals surface area contributed by atoms with Gasteiger partial charge in [-0.05, 0) is 23.3 Å². The van der Waals surface area contributed by atoms with Crippen molar-refractivity contribution in [3.05, 3.63) is 78.1 Å². The molecule has 0 aliphatic rings. The van der Waals surface area contributed by atoms with Crippen molar-refractivity contribution >= 4 is 45.8 Å². The van der Waals surface area contributed by atoms with Gasteiger partial charge >= 0.3 is 11.8 Å². The number of carbonyl (C=O) groups is 3. The van der Waals surface area contributed by atoms with Crippen LogP contribution in [0, 0.1) is 0 Å². The molecule has 0 fully saturated rings. The molecular weight excluding hydrogens is 434 g/mol. The molecule has 0 saturated carbocycles. The number of nitrogen functional groups attached to an aromatic ring is 1. The zero-order valence-electron chi connectivity index (χ0n) is 18.4. The largest absolute Gasteiger partial charge is 0.383 e. The lowest BCUT2D eigenvalue weighted by atomic mass is 10.1. The van der Waals surface area contributed by atoms with E-state index in [1.807, 2.05) is 36.4 Å². The maximum absolute atomic E-state index is 13.2. The van der Waals surface area contributed by atoms with Gasteiger partial charge in [-0.3, -0.25) is 19.5 Å². The molecule has 0 unspecified atom stereocenters. The molecule has 2 aromatic heterocycles. The minimum Gasteiger partial charge on any atom is -0.383 e. The number of aromatic amines is 1. The third kappa shape index (κ3) is 5.18. The van der Waals surface area contributed by atoms with Gasteiger partial charge in [0.25, 0.3) is 0 Å². The molecule has 4 aromatic rings. The van der Waals surface area contributed by atoms with Crippen LogP contribution >= 0.6 is 0 Å². The van der Waals surface area contributed by atoms with Crippen molar-refractivity contribution in [3.63, 3.8) is 0 Å². The van der Waals surface area contributed by atoms with E-state index in [1.165, 1.54) is 24.2 Å². The molecule has 0 aliphatic heterocycles. The third-order valence-electron chi connectivity index (χ3n) is 5.08. The molecule has 5 N–H and O–H groups in total. The topological polar surface area (TPSA) is 146 Å². The summed E-state index contributed by atoms with van der Waals surface area (Å²) in [5.41, 5.74) is 8.85. The van der Waals surface area contributed by atoms with E-state index in [-0.39, 0.29) is 24.8 Å². The van der Waals surface area contributed by atoms with Crippen molar-refractivity contribution < 1.29 is 14.4 Å². The molecule has 4 rings (SSSR count). The van der Waals surface area contributed by atoms with Gasteiger partial charge in [-0.2, -0.15) is 5.10 Å². The van der Waals surface area contributed by atoms with Crippen molar-refractivity contribution in [2.45, 2.75) is 20.0 Å². The molecule has 2 heterocycles. The van der Waals surface area contributed by atoms with Crippen LogP contribution in [-0.2, 0) is 27.5 Å². The number of H-pyrrole nitrogens is 1. The Balaban J connectivity index is 1.58. The fraction of sp³-hybridized carbons (Fsp3) is 0.125. The molecule has 0 atom stereocenters. The van der Waals surface area contributed by atoms with Gasteiger partial charge in [0.05, 0.1) is 29.0 Å².